The lowest BCUT2D eigenvalue weighted by Crippen LogP contribution is -2.19. The van der Waals surface area contributed by atoms with Gasteiger partial charge in [-0.25, -0.2) is 18.4 Å². The Morgan fingerprint density at radius 1 is 1.18 bits per heavy atom. The number of aryl methyl sites for hydroxylation is 1. The molecule has 0 unspecified atom stereocenters. The van der Waals surface area contributed by atoms with Gasteiger partial charge in [0.15, 0.2) is 0 Å². The van der Waals surface area contributed by atoms with Gasteiger partial charge in [0.25, 0.3) is 10.0 Å². The number of pyridine rings is 1. The van der Waals surface area contributed by atoms with Crippen LogP contribution in [0.15, 0.2) is 35.6 Å². The van der Waals surface area contributed by atoms with Crippen LogP contribution >= 0.6 is 0 Å². The number of aromatic nitrogens is 3. The molecule has 0 spiro atoms. The fourth-order valence-corrected chi connectivity index (χ4v) is 3.20. The van der Waals surface area contributed by atoms with Crippen molar-refractivity contribution in [2.75, 3.05) is 4.72 Å². The van der Waals surface area contributed by atoms with Crippen molar-refractivity contribution in [3.05, 3.63) is 42.1 Å². The minimum absolute atomic E-state index is 0.133. The molecule has 2 aromatic heterocycles. The van der Waals surface area contributed by atoms with E-state index in [9.17, 15) is 8.42 Å². The van der Waals surface area contributed by atoms with Gasteiger partial charge in [0.2, 0.25) is 0 Å². The molecule has 2 aromatic rings. The van der Waals surface area contributed by atoms with Gasteiger partial charge in [-0.3, -0.25) is 9.71 Å². The first-order valence-electron chi connectivity index (χ1n) is 7.03. The van der Waals surface area contributed by atoms with Crippen LogP contribution in [0.3, 0.4) is 0 Å². The first-order valence-corrected chi connectivity index (χ1v) is 8.51. The molecule has 22 heavy (non-hydrogen) atoms. The molecule has 0 aliphatic heterocycles. The average molecular weight is 320 g/mol. The van der Waals surface area contributed by atoms with Crippen LogP contribution < -0.4 is 4.72 Å². The number of nitrogens with one attached hydrogen (secondary N) is 1. The Morgan fingerprint density at radius 2 is 1.91 bits per heavy atom. The first kappa shape index (κ1) is 16.4. The summed E-state index contributed by atoms with van der Waals surface area (Å²) in [5.74, 6) is 0.233. The number of sulfonamides is 1. The molecule has 0 bridgehead atoms. The molecule has 0 saturated carbocycles. The van der Waals surface area contributed by atoms with Crippen molar-refractivity contribution in [1.29, 1.82) is 0 Å². The number of rotatable bonds is 4. The van der Waals surface area contributed by atoms with Gasteiger partial charge in [-0.2, -0.15) is 0 Å². The standard InChI is InChI=1S/C15H20N4O2S/c1-5-11-12(6-7-13(18-11)15(2,3)4)22(20,21)19-14-8-9-16-10-17-14/h6-10H,5H2,1-4H3,(H,16,17,19). The topological polar surface area (TPSA) is 84.8 Å². The molecule has 0 atom stereocenters. The molecule has 0 aliphatic carbocycles. The van der Waals surface area contributed by atoms with E-state index in [-0.39, 0.29) is 16.1 Å². The maximum atomic E-state index is 12.5. The third kappa shape index (κ3) is 3.59. The van der Waals surface area contributed by atoms with Gasteiger partial charge >= 0.3 is 0 Å². The van der Waals surface area contributed by atoms with E-state index < -0.39 is 10.0 Å². The zero-order chi connectivity index (χ0) is 16.4. The Morgan fingerprint density at radius 3 is 2.45 bits per heavy atom. The largest absolute Gasteiger partial charge is 0.264 e. The van der Waals surface area contributed by atoms with Crippen LogP contribution in [-0.4, -0.2) is 23.4 Å². The monoisotopic (exact) mass is 320 g/mol. The molecule has 1 N–H and O–H groups in total. The molecule has 0 aliphatic rings. The summed E-state index contributed by atoms with van der Waals surface area (Å²) in [6, 6.07) is 4.86. The highest BCUT2D eigenvalue weighted by Gasteiger charge is 2.23. The molecule has 6 nitrogen and oxygen atoms in total. The van der Waals surface area contributed by atoms with Crippen molar-refractivity contribution in [2.45, 2.75) is 44.4 Å². The quantitative estimate of drug-likeness (QED) is 0.935. The molecule has 0 aromatic carbocycles. The summed E-state index contributed by atoms with van der Waals surface area (Å²) in [4.78, 5) is 12.3. The summed E-state index contributed by atoms with van der Waals surface area (Å²) >= 11 is 0. The highest BCUT2D eigenvalue weighted by Crippen LogP contribution is 2.24. The predicted octanol–water partition coefficient (Wildman–Crippen LogP) is 2.53. The zero-order valence-corrected chi connectivity index (χ0v) is 14.0. The third-order valence-corrected chi connectivity index (χ3v) is 4.57. The van der Waals surface area contributed by atoms with Crippen molar-refractivity contribution >= 4 is 15.8 Å². The van der Waals surface area contributed by atoms with Crippen LogP contribution in [0.25, 0.3) is 0 Å². The minimum atomic E-state index is -3.72. The Balaban J connectivity index is 2.43. The number of hydrogen-bond donors (Lipinski definition) is 1. The molecule has 0 radical (unpaired) electrons. The van der Waals surface area contributed by atoms with Crippen molar-refractivity contribution in [3.8, 4) is 0 Å². The Hall–Kier alpha value is -2.02. The lowest BCUT2D eigenvalue weighted by atomic mass is 9.91. The molecule has 0 fully saturated rings. The molecule has 2 rings (SSSR count). The summed E-state index contributed by atoms with van der Waals surface area (Å²) in [7, 11) is -3.72. The fourth-order valence-electron chi connectivity index (χ4n) is 1.95. The van der Waals surface area contributed by atoms with Crippen LogP contribution in [0, 0.1) is 0 Å². The van der Waals surface area contributed by atoms with Crippen LogP contribution in [0.4, 0.5) is 5.82 Å². The van der Waals surface area contributed by atoms with Crippen LogP contribution in [0.2, 0.25) is 0 Å². The summed E-state index contributed by atoms with van der Waals surface area (Å²) in [6.07, 6.45) is 3.30. The van der Waals surface area contributed by atoms with Gasteiger partial charge in [0.05, 0.1) is 5.69 Å². The van der Waals surface area contributed by atoms with Crippen LogP contribution in [-0.2, 0) is 21.9 Å². The second-order valence-electron chi connectivity index (χ2n) is 5.94. The van der Waals surface area contributed by atoms with E-state index in [4.69, 9.17) is 0 Å². The van der Waals surface area contributed by atoms with Gasteiger partial charge in [0, 0.05) is 17.3 Å². The van der Waals surface area contributed by atoms with E-state index in [0.29, 0.717) is 12.1 Å². The smallest absolute Gasteiger partial charge is 0.263 e. The third-order valence-electron chi connectivity index (χ3n) is 3.15. The predicted molar refractivity (Wildman–Crippen MR) is 85.2 cm³/mol. The van der Waals surface area contributed by atoms with E-state index in [1.807, 2.05) is 27.7 Å². The number of nitrogens with zero attached hydrogens (tertiary/aromatic N) is 3. The van der Waals surface area contributed by atoms with Crippen LogP contribution in [0.1, 0.15) is 39.1 Å². The second kappa shape index (κ2) is 6.00. The Labute approximate surface area is 131 Å². The zero-order valence-electron chi connectivity index (χ0n) is 13.2. The molecule has 0 amide bonds. The van der Waals surface area contributed by atoms with Crippen molar-refractivity contribution < 1.29 is 8.42 Å². The Bertz CT molecular complexity index is 753. The van der Waals surface area contributed by atoms with Gasteiger partial charge in [0.1, 0.15) is 17.0 Å². The van der Waals surface area contributed by atoms with Crippen molar-refractivity contribution in [3.63, 3.8) is 0 Å². The van der Waals surface area contributed by atoms with Gasteiger partial charge < -0.3 is 0 Å². The highest BCUT2D eigenvalue weighted by atomic mass is 32.2. The average Bonchev–Trinajstić information content (AvgIpc) is 2.46. The van der Waals surface area contributed by atoms with E-state index in [1.54, 1.807) is 12.1 Å². The van der Waals surface area contributed by atoms with E-state index in [0.717, 1.165) is 5.69 Å². The summed E-state index contributed by atoms with van der Waals surface area (Å²) in [5.41, 5.74) is 1.28. The minimum Gasteiger partial charge on any atom is -0.263 e. The lowest BCUT2D eigenvalue weighted by molar-refractivity contribution is 0.561. The highest BCUT2D eigenvalue weighted by molar-refractivity contribution is 7.92. The number of anilines is 1. The van der Waals surface area contributed by atoms with Gasteiger partial charge in [-0.1, -0.05) is 27.7 Å². The number of hydrogen-bond acceptors (Lipinski definition) is 5. The lowest BCUT2D eigenvalue weighted by Gasteiger charge is -2.20. The first-order chi connectivity index (χ1) is 10.2. The normalized spacial score (nSPS) is 12.2. The second-order valence-corrected chi connectivity index (χ2v) is 7.60. The molecule has 7 heteroatoms. The van der Waals surface area contributed by atoms with Crippen molar-refractivity contribution in [2.24, 2.45) is 0 Å². The summed E-state index contributed by atoms with van der Waals surface area (Å²) in [6.45, 7) is 8.02. The van der Waals surface area contributed by atoms with E-state index in [2.05, 4.69) is 19.7 Å². The molecular formula is C15H20N4O2S. The molecular weight excluding hydrogens is 300 g/mol. The van der Waals surface area contributed by atoms with Crippen LogP contribution in [0.5, 0.6) is 0 Å². The van der Waals surface area contributed by atoms with Gasteiger partial charge in [-0.05, 0) is 24.6 Å². The molecule has 2 heterocycles. The summed E-state index contributed by atoms with van der Waals surface area (Å²) in [5, 5.41) is 0. The van der Waals surface area contributed by atoms with E-state index in [1.165, 1.54) is 18.6 Å². The van der Waals surface area contributed by atoms with E-state index >= 15 is 0 Å². The molecule has 118 valence electrons. The molecule has 0 saturated heterocycles. The Kier molecular flexibility index (Phi) is 4.46. The maximum absolute atomic E-state index is 12.5. The van der Waals surface area contributed by atoms with Crippen molar-refractivity contribution in [1.82, 2.24) is 15.0 Å². The maximum Gasteiger partial charge on any atom is 0.264 e. The SMILES string of the molecule is CCc1nc(C(C)(C)C)ccc1S(=O)(=O)Nc1ccncn1. The van der Waals surface area contributed by atoms with Gasteiger partial charge in [-0.15, -0.1) is 0 Å². The summed E-state index contributed by atoms with van der Waals surface area (Å²) < 4.78 is 27.5. The fraction of sp³-hybridized carbons (Fsp3) is 0.400.